The third kappa shape index (κ3) is 3.52. The Hall–Kier alpha value is -0.950. The molecule has 0 aromatic rings. The quantitative estimate of drug-likeness (QED) is 0.692. The van der Waals surface area contributed by atoms with E-state index in [-0.39, 0.29) is 18.6 Å². The first-order valence-corrected chi connectivity index (χ1v) is 6.92. The van der Waals surface area contributed by atoms with Gasteiger partial charge in [0.1, 0.15) is 0 Å². The molecular formula is C11H20N2O4S. The highest BCUT2D eigenvalue weighted by Gasteiger charge is 2.33. The molecule has 104 valence electrons. The standard InChI is InChI=1S/C11H20N2O4S/c1-7-8(2)18-5-4-13(7)10(16)12-6-11(3,17)9(14)15/h7-8,17H,4-6H2,1-3H3,(H,12,16)(H,14,15). The van der Waals surface area contributed by atoms with Gasteiger partial charge in [-0.25, -0.2) is 9.59 Å². The highest BCUT2D eigenvalue weighted by molar-refractivity contribution is 8.00. The predicted octanol–water partition coefficient (Wildman–Crippen LogP) is 0.357. The van der Waals surface area contributed by atoms with Crippen LogP contribution in [0, 0.1) is 0 Å². The number of carboxylic acids is 1. The van der Waals surface area contributed by atoms with E-state index in [4.69, 9.17) is 5.11 Å². The van der Waals surface area contributed by atoms with Crippen LogP contribution in [0.3, 0.4) is 0 Å². The summed E-state index contributed by atoms with van der Waals surface area (Å²) in [6.07, 6.45) is 0. The van der Waals surface area contributed by atoms with E-state index in [1.54, 1.807) is 4.90 Å². The second-order valence-corrected chi connectivity index (χ2v) is 6.23. The first-order chi connectivity index (χ1) is 8.25. The summed E-state index contributed by atoms with van der Waals surface area (Å²) in [7, 11) is 0. The molecule has 7 heteroatoms. The summed E-state index contributed by atoms with van der Waals surface area (Å²) in [5.41, 5.74) is -1.94. The van der Waals surface area contributed by atoms with E-state index in [2.05, 4.69) is 12.2 Å². The van der Waals surface area contributed by atoms with E-state index >= 15 is 0 Å². The number of hydrogen-bond acceptors (Lipinski definition) is 4. The van der Waals surface area contributed by atoms with E-state index in [0.29, 0.717) is 11.8 Å². The van der Waals surface area contributed by atoms with E-state index in [1.807, 2.05) is 18.7 Å². The summed E-state index contributed by atoms with van der Waals surface area (Å²) in [6, 6.07) is -0.227. The Labute approximate surface area is 111 Å². The van der Waals surface area contributed by atoms with Crippen molar-refractivity contribution < 1.29 is 19.8 Å². The molecule has 0 saturated carbocycles. The minimum Gasteiger partial charge on any atom is -0.479 e. The molecular weight excluding hydrogens is 256 g/mol. The van der Waals surface area contributed by atoms with Crippen molar-refractivity contribution in [1.82, 2.24) is 10.2 Å². The maximum Gasteiger partial charge on any atom is 0.337 e. The summed E-state index contributed by atoms with van der Waals surface area (Å²) in [6.45, 7) is 5.52. The van der Waals surface area contributed by atoms with Crippen molar-refractivity contribution in [3.05, 3.63) is 0 Å². The number of carbonyl (C=O) groups excluding carboxylic acids is 1. The Kier molecular flexibility index (Phi) is 4.86. The molecule has 0 spiro atoms. The number of thioether (sulfide) groups is 1. The molecule has 1 aliphatic rings. The first-order valence-electron chi connectivity index (χ1n) is 5.87. The molecule has 1 rings (SSSR count). The zero-order valence-corrected chi connectivity index (χ0v) is 11.7. The fourth-order valence-corrected chi connectivity index (χ4v) is 2.74. The van der Waals surface area contributed by atoms with Gasteiger partial charge in [0.05, 0.1) is 6.54 Å². The maximum absolute atomic E-state index is 11.9. The fraction of sp³-hybridized carbons (Fsp3) is 0.818. The molecule has 1 aliphatic heterocycles. The summed E-state index contributed by atoms with van der Waals surface area (Å²) in [5.74, 6) is -0.479. The van der Waals surface area contributed by atoms with Crippen LogP contribution in [-0.2, 0) is 4.79 Å². The van der Waals surface area contributed by atoms with E-state index in [1.165, 1.54) is 0 Å². The van der Waals surface area contributed by atoms with Crippen molar-refractivity contribution in [1.29, 1.82) is 0 Å². The number of nitrogens with one attached hydrogen (secondary N) is 1. The maximum atomic E-state index is 11.9. The number of urea groups is 1. The van der Waals surface area contributed by atoms with Crippen LogP contribution in [0.25, 0.3) is 0 Å². The van der Waals surface area contributed by atoms with Gasteiger partial charge in [0.2, 0.25) is 0 Å². The predicted molar refractivity (Wildman–Crippen MR) is 69.7 cm³/mol. The van der Waals surface area contributed by atoms with Gasteiger partial charge in [-0.1, -0.05) is 6.92 Å². The Morgan fingerprint density at radius 3 is 2.67 bits per heavy atom. The number of rotatable bonds is 3. The highest BCUT2D eigenvalue weighted by atomic mass is 32.2. The second-order valence-electron chi connectivity index (χ2n) is 4.75. The summed E-state index contributed by atoms with van der Waals surface area (Å²) < 4.78 is 0. The Morgan fingerprint density at radius 2 is 2.11 bits per heavy atom. The molecule has 3 N–H and O–H groups in total. The Balaban J connectivity index is 2.53. The Bertz CT molecular complexity index is 335. The number of aliphatic hydroxyl groups is 1. The minimum atomic E-state index is -1.94. The van der Waals surface area contributed by atoms with E-state index in [0.717, 1.165) is 12.7 Å². The summed E-state index contributed by atoms with van der Waals surface area (Å²) >= 11 is 1.81. The zero-order valence-electron chi connectivity index (χ0n) is 10.8. The first kappa shape index (κ1) is 15.1. The average Bonchev–Trinajstić information content (AvgIpc) is 2.29. The van der Waals surface area contributed by atoms with Gasteiger partial charge in [-0.05, 0) is 13.8 Å². The van der Waals surface area contributed by atoms with Gasteiger partial charge in [-0.2, -0.15) is 11.8 Å². The van der Waals surface area contributed by atoms with Crippen LogP contribution in [0.5, 0.6) is 0 Å². The third-order valence-electron chi connectivity index (χ3n) is 3.19. The van der Waals surface area contributed by atoms with E-state index in [9.17, 15) is 14.7 Å². The van der Waals surface area contributed by atoms with Gasteiger partial charge >= 0.3 is 12.0 Å². The van der Waals surface area contributed by atoms with Crippen molar-refractivity contribution in [2.45, 2.75) is 37.7 Å². The average molecular weight is 276 g/mol. The molecule has 2 amide bonds. The van der Waals surface area contributed by atoms with Crippen LogP contribution in [0.15, 0.2) is 0 Å². The van der Waals surface area contributed by atoms with E-state index < -0.39 is 11.6 Å². The molecule has 0 aromatic carbocycles. The van der Waals surface area contributed by atoms with Crippen LogP contribution in [0.2, 0.25) is 0 Å². The molecule has 6 nitrogen and oxygen atoms in total. The normalized spacial score (nSPS) is 27.4. The number of aliphatic carboxylic acids is 1. The number of amides is 2. The van der Waals surface area contributed by atoms with Crippen molar-refractivity contribution in [3.63, 3.8) is 0 Å². The van der Waals surface area contributed by atoms with Crippen molar-refractivity contribution in [3.8, 4) is 0 Å². The van der Waals surface area contributed by atoms with Crippen LogP contribution < -0.4 is 5.32 Å². The minimum absolute atomic E-state index is 0.0959. The molecule has 0 bridgehead atoms. The zero-order chi connectivity index (χ0) is 13.9. The largest absolute Gasteiger partial charge is 0.479 e. The third-order valence-corrected chi connectivity index (χ3v) is 4.53. The number of hydrogen-bond donors (Lipinski definition) is 3. The smallest absolute Gasteiger partial charge is 0.337 e. The lowest BCUT2D eigenvalue weighted by molar-refractivity contribution is -0.155. The van der Waals surface area contributed by atoms with Gasteiger partial charge in [0, 0.05) is 23.6 Å². The summed E-state index contributed by atoms with van der Waals surface area (Å²) in [4.78, 5) is 24.3. The molecule has 1 fully saturated rings. The molecule has 18 heavy (non-hydrogen) atoms. The van der Waals surface area contributed by atoms with Crippen molar-refractivity contribution in [2.24, 2.45) is 0 Å². The van der Waals surface area contributed by atoms with Gasteiger partial charge in [-0.3, -0.25) is 0 Å². The topological polar surface area (TPSA) is 89.9 Å². The number of nitrogens with zero attached hydrogens (tertiary/aromatic N) is 1. The monoisotopic (exact) mass is 276 g/mol. The molecule has 3 unspecified atom stereocenters. The fourth-order valence-electron chi connectivity index (χ4n) is 1.64. The Morgan fingerprint density at radius 1 is 1.50 bits per heavy atom. The van der Waals surface area contributed by atoms with Crippen LogP contribution in [0.4, 0.5) is 4.79 Å². The molecule has 1 heterocycles. The van der Waals surface area contributed by atoms with Gasteiger partial charge < -0.3 is 20.4 Å². The van der Waals surface area contributed by atoms with Crippen LogP contribution >= 0.6 is 11.8 Å². The lowest BCUT2D eigenvalue weighted by atomic mass is 10.1. The van der Waals surface area contributed by atoms with Crippen LogP contribution in [0.1, 0.15) is 20.8 Å². The molecule has 0 aliphatic carbocycles. The molecule has 0 aromatic heterocycles. The van der Waals surface area contributed by atoms with Gasteiger partial charge in [0.15, 0.2) is 5.60 Å². The lowest BCUT2D eigenvalue weighted by Gasteiger charge is -2.37. The van der Waals surface area contributed by atoms with Crippen molar-refractivity contribution in [2.75, 3.05) is 18.8 Å². The summed E-state index contributed by atoms with van der Waals surface area (Å²) in [5, 5.41) is 21.1. The van der Waals surface area contributed by atoms with Crippen molar-refractivity contribution >= 4 is 23.8 Å². The molecule has 0 radical (unpaired) electrons. The molecule has 1 saturated heterocycles. The SMILES string of the molecule is CC1SCCN(C(=O)NCC(C)(O)C(=O)O)C1C. The molecule has 3 atom stereocenters. The lowest BCUT2D eigenvalue weighted by Crippen LogP contribution is -2.55. The van der Waals surface area contributed by atoms with Gasteiger partial charge in [0.25, 0.3) is 0 Å². The van der Waals surface area contributed by atoms with Gasteiger partial charge in [-0.15, -0.1) is 0 Å². The van der Waals surface area contributed by atoms with Crippen LogP contribution in [-0.4, -0.2) is 62.8 Å². The number of carbonyl (C=O) groups is 2. The second kappa shape index (κ2) is 5.79. The number of carboxylic acid groups (broad SMARTS) is 1. The highest BCUT2D eigenvalue weighted by Crippen LogP contribution is 2.24.